The zero-order valence-electron chi connectivity index (χ0n) is 9.90. The molecule has 2 rings (SSSR count). The second kappa shape index (κ2) is 4.44. The van der Waals surface area contributed by atoms with Crippen molar-refractivity contribution < 1.29 is 9.59 Å². The zero-order chi connectivity index (χ0) is 12.6. The highest BCUT2D eigenvalue weighted by molar-refractivity contribution is 7.15. The highest BCUT2D eigenvalue weighted by atomic mass is 32.1. The summed E-state index contributed by atoms with van der Waals surface area (Å²) in [5, 5.41) is 0.563. The van der Waals surface area contributed by atoms with Gasteiger partial charge in [-0.15, -0.1) is 11.3 Å². The number of nitrogen functional groups attached to an aromatic ring is 1. The summed E-state index contributed by atoms with van der Waals surface area (Å²) in [4.78, 5) is 29.6. The van der Waals surface area contributed by atoms with E-state index in [0.717, 1.165) is 23.4 Å². The van der Waals surface area contributed by atoms with Gasteiger partial charge in [-0.2, -0.15) is 0 Å². The van der Waals surface area contributed by atoms with Crippen LogP contribution < -0.4 is 5.73 Å². The van der Waals surface area contributed by atoms with E-state index in [1.165, 1.54) is 30.1 Å². The first kappa shape index (κ1) is 12.0. The Bertz CT molecular complexity index is 455. The molecule has 17 heavy (non-hydrogen) atoms. The third kappa shape index (κ3) is 2.31. The number of carbonyl (C=O) groups is 2. The Hall–Kier alpha value is -1.43. The number of anilines is 1. The Labute approximate surface area is 104 Å². The molecule has 1 aromatic heterocycles. The molecule has 2 N–H and O–H groups in total. The highest BCUT2D eigenvalue weighted by Gasteiger charge is 2.30. The molecule has 0 radical (unpaired) electrons. The topological polar surface area (TPSA) is 76.3 Å². The molecule has 1 atom stereocenters. The van der Waals surface area contributed by atoms with Gasteiger partial charge in [0.2, 0.25) is 11.8 Å². The van der Waals surface area contributed by atoms with Crippen molar-refractivity contribution in [1.82, 2.24) is 9.88 Å². The number of carbonyl (C=O) groups excluding carboxylic acids is 2. The van der Waals surface area contributed by atoms with E-state index >= 15 is 0 Å². The van der Waals surface area contributed by atoms with E-state index in [0.29, 0.717) is 11.6 Å². The lowest BCUT2D eigenvalue weighted by Crippen LogP contribution is -2.44. The smallest absolute Gasteiger partial charge is 0.226 e. The van der Waals surface area contributed by atoms with Gasteiger partial charge in [0.25, 0.3) is 0 Å². The maximum Gasteiger partial charge on any atom is 0.226 e. The number of fused-ring (bicyclic) bond motifs is 1. The van der Waals surface area contributed by atoms with Gasteiger partial charge in [-0.25, -0.2) is 4.98 Å². The summed E-state index contributed by atoms with van der Waals surface area (Å²) in [6, 6.07) is -0.0441. The Morgan fingerprint density at radius 2 is 2.06 bits per heavy atom. The van der Waals surface area contributed by atoms with Crippen molar-refractivity contribution in [3.05, 3.63) is 10.6 Å². The van der Waals surface area contributed by atoms with Crippen LogP contribution in [0.4, 0.5) is 5.13 Å². The van der Waals surface area contributed by atoms with Gasteiger partial charge < -0.3 is 5.73 Å². The lowest BCUT2D eigenvalue weighted by molar-refractivity contribution is -0.145. The number of hydrogen-bond donors (Lipinski definition) is 1. The van der Waals surface area contributed by atoms with Crippen molar-refractivity contribution >= 4 is 28.3 Å². The molecule has 92 valence electrons. The monoisotopic (exact) mass is 253 g/mol. The molecule has 0 aromatic carbocycles. The van der Waals surface area contributed by atoms with E-state index in [9.17, 15) is 9.59 Å². The van der Waals surface area contributed by atoms with E-state index in [1.54, 1.807) is 0 Å². The molecule has 6 heteroatoms. The number of aryl methyl sites for hydroxylation is 1. The SMILES string of the molecule is CC(=O)N(C(C)=O)C1CCc2nc(N)sc2C1. The summed E-state index contributed by atoms with van der Waals surface area (Å²) in [5.41, 5.74) is 6.68. The quantitative estimate of drug-likeness (QED) is 0.809. The summed E-state index contributed by atoms with van der Waals surface area (Å²) in [5.74, 6) is -0.383. The van der Waals surface area contributed by atoms with Gasteiger partial charge in [0.05, 0.1) is 5.69 Å². The molecule has 0 aliphatic heterocycles. The van der Waals surface area contributed by atoms with Gasteiger partial charge in [0.1, 0.15) is 0 Å². The number of hydrogen-bond acceptors (Lipinski definition) is 5. The van der Waals surface area contributed by atoms with Crippen LogP contribution in [0.15, 0.2) is 0 Å². The first-order valence-corrected chi connectivity index (χ1v) is 6.35. The van der Waals surface area contributed by atoms with E-state index in [4.69, 9.17) is 5.73 Å². The number of imide groups is 1. The van der Waals surface area contributed by atoms with Crippen LogP contribution in [0.2, 0.25) is 0 Å². The van der Waals surface area contributed by atoms with E-state index < -0.39 is 0 Å². The molecular formula is C11H15N3O2S. The molecule has 0 saturated heterocycles. The summed E-state index contributed by atoms with van der Waals surface area (Å²) < 4.78 is 0. The summed E-state index contributed by atoms with van der Waals surface area (Å²) in [6.07, 6.45) is 2.24. The van der Waals surface area contributed by atoms with Gasteiger partial charge in [-0.05, 0) is 12.8 Å². The minimum absolute atomic E-state index is 0.0441. The van der Waals surface area contributed by atoms with Crippen LogP contribution in [0.1, 0.15) is 30.8 Å². The van der Waals surface area contributed by atoms with Crippen molar-refractivity contribution in [1.29, 1.82) is 0 Å². The molecule has 2 amide bonds. The minimum atomic E-state index is -0.191. The molecule has 0 spiro atoms. The average molecular weight is 253 g/mol. The van der Waals surface area contributed by atoms with Crippen molar-refractivity contribution in [2.45, 2.75) is 39.2 Å². The lowest BCUT2D eigenvalue weighted by atomic mass is 9.96. The van der Waals surface area contributed by atoms with E-state index in [-0.39, 0.29) is 17.9 Å². The molecule has 1 heterocycles. The van der Waals surface area contributed by atoms with Crippen molar-refractivity contribution in [2.75, 3.05) is 5.73 Å². The Morgan fingerprint density at radius 3 is 2.65 bits per heavy atom. The van der Waals surface area contributed by atoms with Crippen LogP contribution >= 0.6 is 11.3 Å². The number of thiazole rings is 1. The molecule has 1 aromatic rings. The maximum atomic E-state index is 11.5. The van der Waals surface area contributed by atoms with Gasteiger partial charge in [0.15, 0.2) is 5.13 Å². The van der Waals surface area contributed by atoms with Gasteiger partial charge in [-0.3, -0.25) is 14.5 Å². The third-order valence-electron chi connectivity index (χ3n) is 2.97. The standard InChI is InChI=1S/C11H15N3O2S/c1-6(15)14(7(2)16)8-3-4-9-10(5-8)17-11(12)13-9/h8H,3-5H2,1-2H3,(H2,12,13). The van der Waals surface area contributed by atoms with Crippen LogP contribution in [-0.2, 0) is 22.4 Å². The predicted molar refractivity (Wildman–Crippen MR) is 65.5 cm³/mol. The molecular weight excluding hydrogens is 238 g/mol. The summed E-state index contributed by atoms with van der Waals surface area (Å²) in [7, 11) is 0. The second-order valence-corrected chi connectivity index (χ2v) is 5.34. The fourth-order valence-electron chi connectivity index (χ4n) is 2.33. The van der Waals surface area contributed by atoms with Crippen LogP contribution in [0, 0.1) is 0 Å². The molecule has 0 fully saturated rings. The minimum Gasteiger partial charge on any atom is -0.375 e. The summed E-state index contributed by atoms with van der Waals surface area (Å²) >= 11 is 1.45. The van der Waals surface area contributed by atoms with Crippen LogP contribution in [0.5, 0.6) is 0 Å². The fraction of sp³-hybridized carbons (Fsp3) is 0.545. The second-order valence-electron chi connectivity index (χ2n) is 4.23. The number of rotatable bonds is 1. The predicted octanol–water partition coefficient (Wildman–Crippen LogP) is 0.978. The van der Waals surface area contributed by atoms with Crippen LogP contribution in [0.3, 0.4) is 0 Å². The Balaban J connectivity index is 2.21. The normalized spacial score (nSPS) is 18.6. The molecule has 5 nitrogen and oxygen atoms in total. The maximum absolute atomic E-state index is 11.5. The largest absolute Gasteiger partial charge is 0.375 e. The lowest BCUT2D eigenvalue weighted by Gasteiger charge is -2.30. The van der Waals surface area contributed by atoms with Crippen molar-refractivity contribution in [2.24, 2.45) is 0 Å². The Kier molecular flexibility index (Phi) is 3.15. The van der Waals surface area contributed by atoms with Gasteiger partial charge in [0, 0.05) is 31.2 Å². The van der Waals surface area contributed by atoms with Crippen molar-refractivity contribution in [3.8, 4) is 0 Å². The fourth-order valence-corrected chi connectivity index (χ4v) is 3.28. The average Bonchev–Trinajstić information content (AvgIpc) is 2.56. The van der Waals surface area contributed by atoms with Crippen LogP contribution in [-0.4, -0.2) is 27.7 Å². The van der Waals surface area contributed by atoms with E-state index in [2.05, 4.69) is 4.98 Å². The number of aromatic nitrogens is 1. The molecule has 1 aliphatic rings. The van der Waals surface area contributed by atoms with Gasteiger partial charge >= 0.3 is 0 Å². The molecule has 0 saturated carbocycles. The van der Waals surface area contributed by atoms with Gasteiger partial charge in [-0.1, -0.05) is 0 Å². The molecule has 1 unspecified atom stereocenters. The number of nitrogens with two attached hydrogens (primary N) is 1. The third-order valence-corrected chi connectivity index (χ3v) is 3.92. The first-order valence-electron chi connectivity index (χ1n) is 5.53. The van der Waals surface area contributed by atoms with E-state index in [1.807, 2.05) is 0 Å². The van der Waals surface area contributed by atoms with Crippen molar-refractivity contribution in [3.63, 3.8) is 0 Å². The van der Waals surface area contributed by atoms with Crippen LogP contribution in [0.25, 0.3) is 0 Å². The first-order chi connectivity index (χ1) is 7.99. The molecule has 1 aliphatic carbocycles. The number of nitrogens with zero attached hydrogens (tertiary/aromatic N) is 2. The molecule has 0 bridgehead atoms. The number of amides is 2. The Morgan fingerprint density at radius 1 is 1.41 bits per heavy atom. The summed E-state index contributed by atoms with van der Waals surface area (Å²) in [6.45, 7) is 2.86. The highest BCUT2D eigenvalue weighted by Crippen LogP contribution is 2.30. The zero-order valence-corrected chi connectivity index (χ0v) is 10.7.